The highest BCUT2D eigenvalue weighted by Gasteiger charge is 2.60. The number of aliphatic hydroxyl groups is 1. The average molecular weight is 310 g/mol. The van der Waals surface area contributed by atoms with E-state index < -0.39 is 35.6 Å². The van der Waals surface area contributed by atoms with Gasteiger partial charge in [-0.1, -0.05) is 34.6 Å². The zero-order valence-electron chi connectivity index (χ0n) is 12.0. The van der Waals surface area contributed by atoms with Gasteiger partial charge in [-0.15, -0.1) is 0 Å². The lowest BCUT2D eigenvalue weighted by molar-refractivity contribution is -0.365. The lowest BCUT2D eigenvalue weighted by atomic mass is 9.65. The number of alkyl halides is 6. The first-order chi connectivity index (χ1) is 8.57. The second kappa shape index (κ2) is 5.71. The molecule has 2 nitrogen and oxygen atoms in total. The van der Waals surface area contributed by atoms with Crippen LogP contribution in [-0.2, 0) is 4.74 Å². The third kappa shape index (κ3) is 4.25. The Hall–Kier alpha value is -0.500. The topological polar surface area (TPSA) is 29.5 Å². The quantitative estimate of drug-likeness (QED) is 0.620. The van der Waals surface area contributed by atoms with E-state index >= 15 is 0 Å². The van der Waals surface area contributed by atoms with Crippen molar-refractivity contribution in [3.63, 3.8) is 0 Å². The van der Waals surface area contributed by atoms with Gasteiger partial charge in [0.15, 0.2) is 6.29 Å². The van der Waals surface area contributed by atoms with Crippen molar-refractivity contribution in [2.75, 3.05) is 0 Å². The molecule has 0 bridgehead atoms. The van der Waals surface area contributed by atoms with Gasteiger partial charge in [0, 0.05) is 5.41 Å². The summed E-state index contributed by atoms with van der Waals surface area (Å²) in [4.78, 5) is 0. The standard InChI is InChI=1S/C12H20F6O2/c1-6-10(5,9(2,3)4)8(19)20-7(11(13,14)15)12(16,17)18/h7-8,19H,6H2,1-5H3. The highest BCUT2D eigenvalue weighted by molar-refractivity contribution is 4.89. The van der Waals surface area contributed by atoms with E-state index in [1.165, 1.54) is 6.92 Å². The molecule has 0 aromatic heterocycles. The minimum absolute atomic E-state index is 0.153. The van der Waals surface area contributed by atoms with E-state index in [0.29, 0.717) is 0 Å². The van der Waals surface area contributed by atoms with Crippen molar-refractivity contribution in [1.82, 2.24) is 0 Å². The molecule has 0 rings (SSSR count). The Morgan fingerprint density at radius 2 is 1.25 bits per heavy atom. The number of hydrogen-bond donors (Lipinski definition) is 1. The van der Waals surface area contributed by atoms with Crippen molar-refractivity contribution < 1.29 is 36.2 Å². The van der Waals surface area contributed by atoms with E-state index in [2.05, 4.69) is 4.74 Å². The number of aliphatic hydroxyl groups excluding tert-OH is 1. The van der Waals surface area contributed by atoms with Crippen molar-refractivity contribution in [2.45, 2.75) is 65.8 Å². The predicted molar refractivity (Wildman–Crippen MR) is 60.8 cm³/mol. The van der Waals surface area contributed by atoms with Crippen LogP contribution in [0.25, 0.3) is 0 Å². The molecular weight excluding hydrogens is 290 g/mol. The van der Waals surface area contributed by atoms with Crippen LogP contribution in [0, 0.1) is 10.8 Å². The summed E-state index contributed by atoms with van der Waals surface area (Å²) in [6.45, 7) is 7.79. The van der Waals surface area contributed by atoms with E-state index in [4.69, 9.17) is 0 Å². The molecule has 2 unspecified atom stereocenters. The summed E-state index contributed by atoms with van der Waals surface area (Å²) in [5.41, 5.74) is -2.01. The lowest BCUT2D eigenvalue weighted by Crippen LogP contribution is -2.52. The average Bonchev–Trinajstić information content (AvgIpc) is 2.19. The minimum atomic E-state index is -5.63. The molecule has 20 heavy (non-hydrogen) atoms. The molecule has 8 heteroatoms. The van der Waals surface area contributed by atoms with E-state index in [1.807, 2.05) is 0 Å². The van der Waals surface area contributed by atoms with E-state index in [1.54, 1.807) is 27.7 Å². The number of hydrogen-bond acceptors (Lipinski definition) is 2. The SMILES string of the molecule is CCC(C)(C(O)OC(C(F)(F)F)C(F)(F)F)C(C)(C)C. The van der Waals surface area contributed by atoms with Gasteiger partial charge in [0.2, 0.25) is 0 Å². The fourth-order valence-corrected chi connectivity index (χ4v) is 1.69. The Labute approximate surface area is 114 Å². The second-order valence-corrected chi connectivity index (χ2v) is 5.97. The first-order valence-electron chi connectivity index (χ1n) is 6.04. The molecule has 0 radical (unpaired) electrons. The van der Waals surface area contributed by atoms with Crippen LogP contribution >= 0.6 is 0 Å². The fraction of sp³-hybridized carbons (Fsp3) is 1.00. The highest BCUT2D eigenvalue weighted by Crippen LogP contribution is 2.46. The summed E-state index contributed by atoms with van der Waals surface area (Å²) in [6.07, 6.45) is -17.3. The van der Waals surface area contributed by atoms with Crippen LogP contribution in [0.5, 0.6) is 0 Å². The van der Waals surface area contributed by atoms with Gasteiger partial charge in [0.1, 0.15) is 0 Å². The van der Waals surface area contributed by atoms with Crippen LogP contribution in [-0.4, -0.2) is 29.9 Å². The van der Waals surface area contributed by atoms with Crippen molar-refractivity contribution in [1.29, 1.82) is 0 Å². The first kappa shape index (κ1) is 19.5. The van der Waals surface area contributed by atoms with Gasteiger partial charge < -0.3 is 9.84 Å². The highest BCUT2D eigenvalue weighted by atomic mass is 19.4. The van der Waals surface area contributed by atoms with Crippen LogP contribution in [0.1, 0.15) is 41.0 Å². The summed E-state index contributed by atoms with van der Waals surface area (Å²) >= 11 is 0. The molecular formula is C12H20F6O2. The van der Waals surface area contributed by atoms with Crippen molar-refractivity contribution in [3.05, 3.63) is 0 Å². The monoisotopic (exact) mass is 310 g/mol. The van der Waals surface area contributed by atoms with E-state index in [9.17, 15) is 31.4 Å². The third-order valence-electron chi connectivity index (χ3n) is 3.85. The first-order valence-corrected chi connectivity index (χ1v) is 6.04. The molecule has 1 N–H and O–H groups in total. The van der Waals surface area contributed by atoms with E-state index in [-0.39, 0.29) is 6.42 Å². The Balaban J connectivity index is 5.36. The summed E-state index contributed by atoms with van der Waals surface area (Å²) in [7, 11) is 0. The molecule has 0 aliphatic heterocycles. The van der Waals surface area contributed by atoms with Crippen LogP contribution in [0.4, 0.5) is 26.3 Å². The molecule has 0 aromatic carbocycles. The van der Waals surface area contributed by atoms with Crippen LogP contribution in [0.15, 0.2) is 0 Å². The normalized spacial score (nSPS) is 19.1. The van der Waals surface area contributed by atoms with Gasteiger partial charge in [0.25, 0.3) is 6.10 Å². The maximum absolute atomic E-state index is 12.4. The van der Waals surface area contributed by atoms with Gasteiger partial charge >= 0.3 is 12.4 Å². The summed E-state index contributed by atoms with van der Waals surface area (Å²) in [6, 6.07) is 0. The summed E-state index contributed by atoms with van der Waals surface area (Å²) in [5.74, 6) is 0. The van der Waals surface area contributed by atoms with Crippen LogP contribution < -0.4 is 0 Å². The number of halogens is 6. The van der Waals surface area contributed by atoms with Gasteiger partial charge in [-0.25, -0.2) is 0 Å². The molecule has 0 amide bonds. The maximum Gasteiger partial charge on any atom is 0.423 e. The third-order valence-corrected chi connectivity index (χ3v) is 3.85. The van der Waals surface area contributed by atoms with Gasteiger partial charge in [-0.2, -0.15) is 26.3 Å². The van der Waals surface area contributed by atoms with Crippen LogP contribution in [0.2, 0.25) is 0 Å². The Morgan fingerprint density at radius 1 is 0.900 bits per heavy atom. The lowest BCUT2D eigenvalue weighted by Gasteiger charge is -2.45. The van der Waals surface area contributed by atoms with Crippen LogP contribution in [0.3, 0.4) is 0 Å². The minimum Gasteiger partial charge on any atom is -0.367 e. The Bertz CT molecular complexity index is 303. The zero-order chi connectivity index (χ0) is 16.6. The van der Waals surface area contributed by atoms with Crippen molar-refractivity contribution >= 4 is 0 Å². The largest absolute Gasteiger partial charge is 0.423 e. The molecule has 0 saturated carbocycles. The molecule has 122 valence electrons. The maximum atomic E-state index is 12.4. The number of rotatable bonds is 4. The molecule has 0 saturated heterocycles. The molecule has 0 aliphatic carbocycles. The zero-order valence-corrected chi connectivity index (χ0v) is 12.0. The summed E-state index contributed by atoms with van der Waals surface area (Å²) < 4.78 is 78.4. The molecule has 0 aliphatic rings. The molecule has 0 spiro atoms. The molecule has 0 fully saturated rings. The van der Waals surface area contributed by atoms with Gasteiger partial charge in [0.05, 0.1) is 0 Å². The Morgan fingerprint density at radius 3 is 1.45 bits per heavy atom. The van der Waals surface area contributed by atoms with Crippen molar-refractivity contribution in [2.24, 2.45) is 10.8 Å². The molecule has 0 aromatic rings. The number of ether oxygens (including phenoxy) is 1. The fourth-order valence-electron chi connectivity index (χ4n) is 1.69. The second-order valence-electron chi connectivity index (χ2n) is 5.97. The predicted octanol–water partition coefficient (Wildman–Crippen LogP) is 4.28. The van der Waals surface area contributed by atoms with Gasteiger partial charge in [-0.3, -0.25) is 0 Å². The smallest absolute Gasteiger partial charge is 0.367 e. The molecule has 0 heterocycles. The van der Waals surface area contributed by atoms with Gasteiger partial charge in [-0.05, 0) is 11.8 Å². The van der Waals surface area contributed by atoms with E-state index in [0.717, 1.165) is 0 Å². The van der Waals surface area contributed by atoms with Crippen molar-refractivity contribution in [3.8, 4) is 0 Å². The molecule has 2 atom stereocenters. The Kier molecular flexibility index (Phi) is 5.57. The summed E-state index contributed by atoms with van der Waals surface area (Å²) in [5, 5.41) is 9.78.